The third kappa shape index (κ3) is 1.83. The first-order chi connectivity index (χ1) is 4.84. The maximum Gasteiger partial charge on any atom is 0.222 e. The lowest BCUT2D eigenvalue weighted by Gasteiger charge is -2.13. The van der Waals surface area contributed by atoms with Crippen molar-refractivity contribution >= 4 is 16.1 Å². The number of carbonyl (C=O) groups excluding carboxylic acids is 1. The van der Waals surface area contributed by atoms with E-state index in [0.717, 1.165) is 25.9 Å². The average molecular weight is 157 g/mol. The number of amides is 1. The van der Waals surface area contributed by atoms with Gasteiger partial charge in [0.15, 0.2) is 0 Å². The van der Waals surface area contributed by atoms with Gasteiger partial charge in [-0.1, -0.05) is 6.04 Å². The Balaban J connectivity index is 2.20. The SMILES string of the molecule is O=C1CCCN1CCC[SiH3]. The molecule has 1 heterocycles. The van der Waals surface area contributed by atoms with Crippen LogP contribution in [0.2, 0.25) is 6.04 Å². The number of carbonyl (C=O) groups is 1. The molecule has 0 aromatic rings. The lowest BCUT2D eigenvalue weighted by Crippen LogP contribution is -2.25. The Hall–Kier alpha value is -0.313. The number of hydrogen-bond donors (Lipinski definition) is 0. The van der Waals surface area contributed by atoms with Gasteiger partial charge < -0.3 is 4.90 Å². The van der Waals surface area contributed by atoms with Crippen LogP contribution in [0.15, 0.2) is 0 Å². The van der Waals surface area contributed by atoms with Gasteiger partial charge in [-0.25, -0.2) is 0 Å². The van der Waals surface area contributed by atoms with E-state index in [2.05, 4.69) is 0 Å². The summed E-state index contributed by atoms with van der Waals surface area (Å²) in [5.74, 6) is 0.370. The molecule has 0 radical (unpaired) electrons. The highest BCUT2D eigenvalue weighted by Gasteiger charge is 2.18. The van der Waals surface area contributed by atoms with Crippen molar-refractivity contribution in [1.82, 2.24) is 4.90 Å². The summed E-state index contributed by atoms with van der Waals surface area (Å²) in [5, 5.41) is 0. The van der Waals surface area contributed by atoms with E-state index in [1.54, 1.807) is 0 Å². The summed E-state index contributed by atoms with van der Waals surface area (Å²) < 4.78 is 0. The minimum absolute atomic E-state index is 0.370. The fourth-order valence-corrected chi connectivity index (χ4v) is 1.61. The smallest absolute Gasteiger partial charge is 0.222 e. The topological polar surface area (TPSA) is 20.3 Å². The van der Waals surface area contributed by atoms with E-state index in [9.17, 15) is 4.79 Å². The normalized spacial score (nSPS) is 18.8. The maximum absolute atomic E-state index is 11.0. The van der Waals surface area contributed by atoms with Crippen molar-refractivity contribution in [2.75, 3.05) is 13.1 Å². The zero-order valence-electron chi connectivity index (χ0n) is 6.60. The fourth-order valence-electron chi connectivity index (χ4n) is 1.29. The molecule has 0 N–H and O–H groups in total. The monoisotopic (exact) mass is 157 g/mol. The van der Waals surface area contributed by atoms with Crippen molar-refractivity contribution in [3.63, 3.8) is 0 Å². The Kier molecular flexibility index (Phi) is 2.93. The second-order valence-electron chi connectivity index (χ2n) is 2.84. The van der Waals surface area contributed by atoms with E-state index in [-0.39, 0.29) is 0 Å². The molecule has 0 spiro atoms. The van der Waals surface area contributed by atoms with Crippen molar-refractivity contribution in [3.05, 3.63) is 0 Å². The molecule has 0 aromatic heterocycles. The van der Waals surface area contributed by atoms with Gasteiger partial charge in [-0.15, -0.1) is 0 Å². The van der Waals surface area contributed by atoms with E-state index in [4.69, 9.17) is 0 Å². The van der Waals surface area contributed by atoms with Crippen LogP contribution in [0.25, 0.3) is 0 Å². The number of hydrogen-bond acceptors (Lipinski definition) is 1. The van der Waals surface area contributed by atoms with Crippen LogP contribution >= 0.6 is 0 Å². The van der Waals surface area contributed by atoms with Crippen LogP contribution in [0.1, 0.15) is 19.3 Å². The largest absolute Gasteiger partial charge is 0.343 e. The van der Waals surface area contributed by atoms with Crippen LogP contribution in [0, 0.1) is 0 Å². The molecule has 0 aromatic carbocycles. The summed E-state index contributed by atoms with van der Waals surface area (Å²) in [6.45, 7) is 2.03. The molecule has 1 fully saturated rings. The molecule has 0 saturated carbocycles. The highest BCUT2D eigenvalue weighted by Crippen LogP contribution is 2.09. The Labute approximate surface area is 65.0 Å². The molecule has 1 aliphatic heterocycles. The molecule has 10 heavy (non-hydrogen) atoms. The van der Waals surface area contributed by atoms with Crippen LogP contribution in [0.4, 0.5) is 0 Å². The fraction of sp³-hybridized carbons (Fsp3) is 0.857. The van der Waals surface area contributed by atoms with Gasteiger partial charge in [0.1, 0.15) is 0 Å². The minimum atomic E-state index is 0.370. The third-order valence-electron chi connectivity index (χ3n) is 1.95. The van der Waals surface area contributed by atoms with E-state index >= 15 is 0 Å². The molecule has 0 bridgehead atoms. The Morgan fingerprint density at radius 3 is 2.90 bits per heavy atom. The van der Waals surface area contributed by atoms with Crippen molar-refractivity contribution in [2.45, 2.75) is 25.3 Å². The van der Waals surface area contributed by atoms with Crippen LogP contribution in [0.3, 0.4) is 0 Å². The van der Waals surface area contributed by atoms with Crippen LogP contribution < -0.4 is 0 Å². The molecule has 0 unspecified atom stereocenters. The lowest BCUT2D eigenvalue weighted by atomic mass is 10.4. The van der Waals surface area contributed by atoms with Crippen LogP contribution in [-0.2, 0) is 4.79 Å². The number of nitrogens with zero attached hydrogens (tertiary/aromatic N) is 1. The van der Waals surface area contributed by atoms with Crippen molar-refractivity contribution in [3.8, 4) is 0 Å². The van der Waals surface area contributed by atoms with Crippen molar-refractivity contribution in [1.29, 1.82) is 0 Å². The van der Waals surface area contributed by atoms with E-state index in [0.29, 0.717) is 5.91 Å². The maximum atomic E-state index is 11.0. The van der Waals surface area contributed by atoms with Gasteiger partial charge >= 0.3 is 0 Å². The number of likely N-dealkylation sites (tertiary alicyclic amines) is 1. The van der Waals surface area contributed by atoms with E-state index < -0.39 is 0 Å². The molecule has 3 heteroatoms. The summed E-state index contributed by atoms with van der Waals surface area (Å²) in [6.07, 6.45) is 3.10. The molecule has 1 rings (SSSR count). The van der Waals surface area contributed by atoms with E-state index in [1.807, 2.05) is 4.90 Å². The Morgan fingerprint density at radius 2 is 2.40 bits per heavy atom. The van der Waals surface area contributed by atoms with Gasteiger partial charge in [-0.05, 0) is 12.8 Å². The predicted molar refractivity (Wildman–Crippen MR) is 45.2 cm³/mol. The van der Waals surface area contributed by atoms with Crippen LogP contribution in [0.5, 0.6) is 0 Å². The van der Waals surface area contributed by atoms with Gasteiger partial charge in [0, 0.05) is 29.8 Å². The van der Waals surface area contributed by atoms with Gasteiger partial charge in [-0.3, -0.25) is 4.79 Å². The van der Waals surface area contributed by atoms with Gasteiger partial charge in [0.25, 0.3) is 0 Å². The first-order valence-corrected chi connectivity index (χ1v) is 5.54. The molecule has 2 nitrogen and oxygen atoms in total. The molecular weight excluding hydrogens is 142 g/mol. The standard InChI is InChI=1S/C7H15NOSi/c9-7-3-1-4-8(7)5-2-6-10/h1-6H2,10H3. The second-order valence-corrected chi connectivity index (χ2v) is 3.84. The summed E-state index contributed by atoms with van der Waals surface area (Å²) in [6, 6.07) is 1.32. The van der Waals surface area contributed by atoms with Crippen molar-refractivity contribution < 1.29 is 4.79 Å². The van der Waals surface area contributed by atoms with Gasteiger partial charge in [0.05, 0.1) is 0 Å². The van der Waals surface area contributed by atoms with E-state index in [1.165, 1.54) is 22.7 Å². The minimum Gasteiger partial charge on any atom is -0.343 e. The van der Waals surface area contributed by atoms with Crippen molar-refractivity contribution in [2.24, 2.45) is 0 Å². The Morgan fingerprint density at radius 1 is 1.60 bits per heavy atom. The first-order valence-electron chi connectivity index (χ1n) is 4.12. The molecule has 0 aliphatic carbocycles. The lowest BCUT2D eigenvalue weighted by molar-refractivity contribution is -0.127. The molecule has 1 aliphatic rings. The zero-order chi connectivity index (χ0) is 7.40. The number of rotatable bonds is 3. The highest BCUT2D eigenvalue weighted by molar-refractivity contribution is 6.08. The highest BCUT2D eigenvalue weighted by atomic mass is 28.1. The molecular formula is C7H15NOSi. The third-order valence-corrected chi connectivity index (χ3v) is 2.66. The second kappa shape index (κ2) is 3.76. The summed E-state index contributed by atoms with van der Waals surface area (Å²) >= 11 is 0. The molecule has 0 atom stereocenters. The summed E-state index contributed by atoms with van der Waals surface area (Å²) in [7, 11) is 1.28. The molecule has 58 valence electrons. The predicted octanol–water partition coefficient (Wildman–Crippen LogP) is -0.217. The molecule has 1 amide bonds. The summed E-state index contributed by atoms with van der Waals surface area (Å²) in [4.78, 5) is 13.0. The van der Waals surface area contributed by atoms with Gasteiger partial charge in [-0.2, -0.15) is 0 Å². The van der Waals surface area contributed by atoms with Crippen LogP contribution in [-0.4, -0.2) is 34.1 Å². The Bertz CT molecular complexity index is 127. The van der Waals surface area contributed by atoms with Gasteiger partial charge in [0.2, 0.25) is 5.91 Å². The average Bonchev–Trinajstić information content (AvgIpc) is 2.31. The zero-order valence-corrected chi connectivity index (χ0v) is 8.60. The summed E-state index contributed by atoms with van der Waals surface area (Å²) in [5.41, 5.74) is 0. The first kappa shape index (κ1) is 7.79. The molecule has 1 saturated heterocycles. The quantitative estimate of drug-likeness (QED) is 0.519.